The summed E-state index contributed by atoms with van der Waals surface area (Å²) >= 11 is 5.88. The maximum Gasteiger partial charge on any atom is 0.227 e. The van der Waals surface area contributed by atoms with Crippen LogP contribution in [0, 0.1) is 13.8 Å². The summed E-state index contributed by atoms with van der Waals surface area (Å²) in [5.74, 6) is 0.174. The molecule has 122 valence electrons. The second kappa shape index (κ2) is 6.62. The Morgan fingerprint density at radius 3 is 2.39 bits per heavy atom. The smallest absolute Gasteiger partial charge is 0.227 e. The van der Waals surface area contributed by atoms with Crippen LogP contribution in [0.4, 0.5) is 5.69 Å². The molecule has 6 heteroatoms. The fourth-order valence-corrected chi connectivity index (χ4v) is 3.21. The van der Waals surface area contributed by atoms with E-state index < -0.39 is 0 Å². The third kappa shape index (κ3) is 3.50. The van der Waals surface area contributed by atoms with Crippen LogP contribution in [0.3, 0.4) is 0 Å². The van der Waals surface area contributed by atoms with Crippen molar-refractivity contribution in [3.63, 3.8) is 0 Å². The van der Waals surface area contributed by atoms with Crippen LogP contribution in [0.15, 0.2) is 24.3 Å². The molecule has 5 nitrogen and oxygen atoms in total. The summed E-state index contributed by atoms with van der Waals surface area (Å²) in [4.78, 5) is 16.7. The average Bonchev–Trinajstić information content (AvgIpc) is 2.88. The summed E-state index contributed by atoms with van der Waals surface area (Å²) < 4.78 is 0. The van der Waals surface area contributed by atoms with E-state index in [0.717, 1.165) is 43.1 Å². The van der Waals surface area contributed by atoms with Crippen LogP contribution in [0.25, 0.3) is 0 Å². The molecule has 1 aliphatic rings. The topological polar surface area (TPSA) is 52.2 Å². The summed E-state index contributed by atoms with van der Waals surface area (Å²) in [6.07, 6.45) is 0.431. The van der Waals surface area contributed by atoms with E-state index >= 15 is 0 Å². The first-order valence-corrected chi connectivity index (χ1v) is 8.21. The zero-order valence-corrected chi connectivity index (χ0v) is 14.2. The van der Waals surface area contributed by atoms with Crippen molar-refractivity contribution in [3.8, 4) is 0 Å². The molecule has 0 unspecified atom stereocenters. The molecule has 23 heavy (non-hydrogen) atoms. The Morgan fingerprint density at radius 1 is 1.17 bits per heavy atom. The summed E-state index contributed by atoms with van der Waals surface area (Å²) in [6, 6.07) is 7.47. The van der Waals surface area contributed by atoms with E-state index in [1.807, 2.05) is 43.0 Å². The highest BCUT2D eigenvalue weighted by atomic mass is 35.5. The highest BCUT2D eigenvalue weighted by Crippen LogP contribution is 2.23. The molecule has 2 heterocycles. The van der Waals surface area contributed by atoms with Gasteiger partial charge in [-0.25, -0.2) is 0 Å². The van der Waals surface area contributed by atoms with Gasteiger partial charge in [0.2, 0.25) is 5.91 Å². The Balaban J connectivity index is 1.58. The van der Waals surface area contributed by atoms with Crippen LogP contribution < -0.4 is 4.90 Å². The Morgan fingerprint density at radius 2 is 1.83 bits per heavy atom. The molecule has 0 aliphatic carbocycles. The van der Waals surface area contributed by atoms with Crippen LogP contribution in [0.2, 0.25) is 5.02 Å². The van der Waals surface area contributed by atoms with Crippen molar-refractivity contribution in [1.29, 1.82) is 0 Å². The van der Waals surface area contributed by atoms with E-state index in [0.29, 0.717) is 11.4 Å². The molecule has 1 aromatic carbocycles. The molecular formula is C17H21ClN4O. The number of hydrogen-bond donors (Lipinski definition) is 1. The third-order valence-electron chi connectivity index (χ3n) is 4.31. The lowest BCUT2D eigenvalue weighted by Gasteiger charge is -2.36. The predicted octanol–water partition coefficient (Wildman–Crippen LogP) is 2.57. The molecule has 1 aliphatic heterocycles. The zero-order chi connectivity index (χ0) is 16.4. The van der Waals surface area contributed by atoms with Crippen LogP contribution in [0.5, 0.6) is 0 Å². The number of carbonyl (C=O) groups excluding carboxylic acids is 1. The average molecular weight is 333 g/mol. The number of nitrogens with zero attached hydrogens (tertiary/aromatic N) is 3. The molecule has 0 spiro atoms. The van der Waals surface area contributed by atoms with Crippen molar-refractivity contribution in [2.45, 2.75) is 20.3 Å². The zero-order valence-electron chi connectivity index (χ0n) is 13.5. The van der Waals surface area contributed by atoms with Gasteiger partial charge in [0.15, 0.2) is 0 Å². The Bertz CT molecular complexity index is 668. The number of anilines is 1. The van der Waals surface area contributed by atoms with E-state index in [2.05, 4.69) is 15.1 Å². The number of H-pyrrole nitrogens is 1. The predicted molar refractivity (Wildman–Crippen MR) is 92.0 cm³/mol. The second-order valence-corrected chi connectivity index (χ2v) is 6.39. The molecule has 1 aromatic heterocycles. The molecule has 1 saturated heterocycles. The Labute approximate surface area is 141 Å². The van der Waals surface area contributed by atoms with Crippen molar-refractivity contribution in [2.75, 3.05) is 31.1 Å². The van der Waals surface area contributed by atoms with Gasteiger partial charge in [-0.2, -0.15) is 5.10 Å². The van der Waals surface area contributed by atoms with Gasteiger partial charge in [0.1, 0.15) is 0 Å². The van der Waals surface area contributed by atoms with Crippen LogP contribution in [-0.4, -0.2) is 47.2 Å². The molecular weight excluding hydrogens is 312 g/mol. The van der Waals surface area contributed by atoms with Crippen molar-refractivity contribution < 1.29 is 4.79 Å². The number of amides is 1. The van der Waals surface area contributed by atoms with E-state index in [1.165, 1.54) is 5.69 Å². The van der Waals surface area contributed by atoms with Crippen molar-refractivity contribution in [2.24, 2.45) is 0 Å². The van der Waals surface area contributed by atoms with Gasteiger partial charge in [0.25, 0.3) is 0 Å². The molecule has 0 radical (unpaired) electrons. The van der Waals surface area contributed by atoms with Gasteiger partial charge in [-0.3, -0.25) is 9.89 Å². The fourth-order valence-electron chi connectivity index (χ4n) is 3.08. The summed E-state index contributed by atoms with van der Waals surface area (Å²) in [5.41, 5.74) is 4.28. The molecule has 2 aromatic rings. The summed E-state index contributed by atoms with van der Waals surface area (Å²) in [6.45, 7) is 7.22. The molecule has 0 bridgehead atoms. The number of rotatable bonds is 3. The molecule has 1 amide bonds. The second-order valence-electron chi connectivity index (χ2n) is 5.95. The molecule has 0 saturated carbocycles. The number of aromatic amines is 1. The number of aryl methyl sites for hydroxylation is 2. The maximum atomic E-state index is 12.4. The van der Waals surface area contributed by atoms with Gasteiger partial charge in [0.05, 0.1) is 23.5 Å². The SMILES string of the molecule is Cc1n[nH]c(C)c1N1CCN(C(=O)Cc2ccc(Cl)cc2)CC1. The number of carbonyl (C=O) groups is 1. The van der Waals surface area contributed by atoms with Gasteiger partial charge in [-0.1, -0.05) is 23.7 Å². The number of hydrogen-bond acceptors (Lipinski definition) is 3. The first kappa shape index (κ1) is 15.9. The van der Waals surface area contributed by atoms with Gasteiger partial charge < -0.3 is 9.80 Å². The molecule has 1 fully saturated rings. The quantitative estimate of drug-likeness (QED) is 0.940. The number of benzene rings is 1. The summed E-state index contributed by atoms with van der Waals surface area (Å²) in [5, 5.41) is 7.97. The van der Waals surface area contributed by atoms with Gasteiger partial charge >= 0.3 is 0 Å². The lowest BCUT2D eigenvalue weighted by molar-refractivity contribution is -0.130. The van der Waals surface area contributed by atoms with Gasteiger partial charge in [0, 0.05) is 31.2 Å². The highest BCUT2D eigenvalue weighted by molar-refractivity contribution is 6.30. The number of halogens is 1. The normalized spacial score (nSPS) is 15.1. The minimum atomic E-state index is 0.174. The Kier molecular flexibility index (Phi) is 4.57. The van der Waals surface area contributed by atoms with E-state index in [-0.39, 0.29) is 5.91 Å². The molecule has 1 N–H and O–H groups in total. The molecule has 0 atom stereocenters. The summed E-state index contributed by atoms with van der Waals surface area (Å²) in [7, 11) is 0. The maximum absolute atomic E-state index is 12.4. The van der Waals surface area contributed by atoms with Gasteiger partial charge in [-0.15, -0.1) is 0 Å². The van der Waals surface area contributed by atoms with E-state index in [1.54, 1.807) is 0 Å². The number of piperazine rings is 1. The van der Waals surface area contributed by atoms with Gasteiger partial charge in [-0.05, 0) is 31.5 Å². The van der Waals surface area contributed by atoms with Crippen LogP contribution in [0.1, 0.15) is 17.0 Å². The lowest BCUT2D eigenvalue weighted by Crippen LogP contribution is -2.49. The number of aromatic nitrogens is 2. The fraction of sp³-hybridized carbons (Fsp3) is 0.412. The first-order chi connectivity index (χ1) is 11.0. The van der Waals surface area contributed by atoms with Crippen molar-refractivity contribution in [1.82, 2.24) is 15.1 Å². The lowest BCUT2D eigenvalue weighted by atomic mass is 10.1. The van der Waals surface area contributed by atoms with Crippen LogP contribution in [-0.2, 0) is 11.2 Å². The minimum Gasteiger partial charge on any atom is -0.365 e. The first-order valence-electron chi connectivity index (χ1n) is 7.83. The third-order valence-corrected chi connectivity index (χ3v) is 4.56. The van der Waals surface area contributed by atoms with E-state index in [9.17, 15) is 4.79 Å². The largest absolute Gasteiger partial charge is 0.365 e. The minimum absolute atomic E-state index is 0.174. The highest BCUT2D eigenvalue weighted by Gasteiger charge is 2.24. The van der Waals surface area contributed by atoms with Crippen molar-refractivity contribution >= 4 is 23.2 Å². The van der Waals surface area contributed by atoms with E-state index in [4.69, 9.17) is 11.6 Å². The Hall–Kier alpha value is -2.01. The molecule has 3 rings (SSSR count). The number of nitrogens with one attached hydrogen (secondary N) is 1. The monoisotopic (exact) mass is 332 g/mol. The van der Waals surface area contributed by atoms with Crippen LogP contribution >= 0.6 is 11.6 Å². The van der Waals surface area contributed by atoms with Crippen molar-refractivity contribution in [3.05, 3.63) is 46.2 Å². The standard InChI is InChI=1S/C17H21ClN4O/c1-12-17(13(2)20-19-12)22-9-7-21(8-10-22)16(23)11-14-3-5-15(18)6-4-14/h3-6H,7-11H2,1-2H3,(H,19,20).